The van der Waals surface area contributed by atoms with Crippen LogP contribution in [0.15, 0.2) is 42.5 Å². The second-order valence-electron chi connectivity index (χ2n) is 8.43. The average molecular weight is 405 g/mol. The van der Waals surface area contributed by atoms with Crippen LogP contribution in [0, 0.1) is 5.92 Å². The van der Waals surface area contributed by atoms with Crippen molar-refractivity contribution < 1.29 is 4.79 Å². The minimum absolute atomic E-state index is 0.0136. The maximum absolute atomic E-state index is 12.5. The van der Waals surface area contributed by atoms with Crippen molar-refractivity contribution in [3.63, 3.8) is 0 Å². The lowest BCUT2D eigenvalue weighted by Gasteiger charge is -2.21. The van der Waals surface area contributed by atoms with E-state index in [1.54, 1.807) is 0 Å². The van der Waals surface area contributed by atoms with E-state index in [9.17, 15) is 4.79 Å². The van der Waals surface area contributed by atoms with Crippen molar-refractivity contribution in [3.8, 4) is 0 Å². The molecule has 0 unspecified atom stereocenters. The largest absolute Gasteiger partial charge is 0.326 e. The van der Waals surface area contributed by atoms with E-state index in [2.05, 4.69) is 39.1 Å². The molecule has 0 saturated heterocycles. The standard InChI is InChI=1S/C25H32N4O/c1-2-29-23(15-12-19-8-4-3-5-9-19)27-28-24(29)16-17-25(30)26-22-14-13-20-10-6-7-11-21(20)18-22/h6-7,10-11,13-14,18-19H,2-5,8-9,12,15-17H2,1H3,(H,26,30). The summed E-state index contributed by atoms with van der Waals surface area (Å²) in [5, 5.41) is 14.2. The van der Waals surface area contributed by atoms with Crippen molar-refractivity contribution in [1.82, 2.24) is 14.8 Å². The Morgan fingerprint density at radius 1 is 1.00 bits per heavy atom. The van der Waals surface area contributed by atoms with Gasteiger partial charge in [-0.2, -0.15) is 0 Å². The number of nitrogens with zero attached hydrogens (tertiary/aromatic N) is 3. The van der Waals surface area contributed by atoms with Crippen molar-refractivity contribution >= 4 is 22.4 Å². The highest BCUT2D eigenvalue weighted by Crippen LogP contribution is 2.27. The van der Waals surface area contributed by atoms with E-state index in [-0.39, 0.29) is 5.91 Å². The quantitative estimate of drug-likeness (QED) is 0.536. The Bertz CT molecular complexity index is 988. The van der Waals surface area contributed by atoms with E-state index in [4.69, 9.17) is 0 Å². The number of amides is 1. The van der Waals surface area contributed by atoms with Gasteiger partial charge in [0.2, 0.25) is 5.91 Å². The third-order valence-corrected chi connectivity index (χ3v) is 6.33. The molecule has 1 fully saturated rings. The summed E-state index contributed by atoms with van der Waals surface area (Å²) in [4.78, 5) is 12.5. The van der Waals surface area contributed by atoms with Crippen molar-refractivity contribution in [1.29, 1.82) is 0 Å². The van der Waals surface area contributed by atoms with E-state index < -0.39 is 0 Å². The van der Waals surface area contributed by atoms with Crippen LogP contribution in [0.2, 0.25) is 0 Å². The molecule has 5 nitrogen and oxygen atoms in total. The first kappa shape index (κ1) is 20.6. The maximum Gasteiger partial charge on any atom is 0.224 e. The molecule has 1 heterocycles. The molecule has 158 valence electrons. The van der Waals surface area contributed by atoms with Crippen molar-refractivity contribution in [3.05, 3.63) is 54.1 Å². The van der Waals surface area contributed by atoms with E-state index in [0.717, 1.165) is 41.6 Å². The van der Waals surface area contributed by atoms with E-state index in [1.807, 2.05) is 30.3 Å². The molecular weight excluding hydrogens is 372 g/mol. The fourth-order valence-corrected chi connectivity index (χ4v) is 4.63. The Balaban J connectivity index is 1.32. The molecule has 0 spiro atoms. The second kappa shape index (κ2) is 9.88. The first-order valence-corrected chi connectivity index (χ1v) is 11.4. The van der Waals surface area contributed by atoms with Gasteiger partial charge in [-0.3, -0.25) is 4.79 Å². The summed E-state index contributed by atoms with van der Waals surface area (Å²) < 4.78 is 2.20. The lowest BCUT2D eigenvalue weighted by molar-refractivity contribution is -0.116. The number of fused-ring (bicyclic) bond motifs is 1. The maximum atomic E-state index is 12.5. The minimum Gasteiger partial charge on any atom is -0.326 e. The van der Waals surface area contributed by atoms with E-state index >= 15 is 0 Å². The van der Waals surface area contributed by atoms with Gasteiger partial charge >= 0.3 is 0 Å². The van der Waals surface area contributed by atoms with Gasteiger partial charge in [0, 0.05) is 31.5 Å². The predicted octanol–water partition coefficient (Wildman–Crippen LogP) is 5.54. The molecule has 5 heteroatoms. The molecule has 0 aliphatic heterocycles. The van der Waals surface area contributed by atoms with Crippen LogP contribution in [0.1, 0.15) is 63.5 Å². The van der Waals surface area contributed by atoms with Crippen molar-refractivity contribution in [2.45, 2.75) is 71.3 Å². The van der Waals surface area contributed by atoms with Crippen LogP contribution < -0.4 is 5.32 Å². The summed E-state index contributed by atoms with van der Waals surface area (Å²) in [5.41, 5.74) is 0.837. The molecule has 30 heavy (non-hydrogen) atoms. The minimum atomic E-state index is 0.0136. The van der Waals surface area contributed by atoms with E-state index in [1.165, 1.54) is 43.9 Å². The molecule has 1 aromatic heterocycles. The molecule has 1 amide bonds. The summed E-state index contributed by atoms with van der Waals surface area (Å²) in [6.45, 7) is 2.99. The number of aryl methyl sites for hydroxylation is 2. The van der Waals surface area contributed by atoms with Gasteiger partial charge in [0.15, 0.2) is 0 Å². The molecule has 1 saturated carbocycles. The lowest BCUT2D eigenvalue weighted by atomic mass is 9.86. The molecule has 1 N–H and O–H groups in total. The number of carbonyl (C=O) groups excluding carboxylic acids is 1. The number of hydrogen-bond donors (Lipinski definition) is 1. The Hall–Kier alpha value is -2.69. The van der Waals surface area contributed by atoms with Gasteiger partial charge in [0.1, 0.15) is 11.6 Å². The predicted molar refractivity (Wildman–Crippen MR) is 121 cm³/mol. The van der Waals surface area contributed by atoms with Gasteiger partial charge in [0.05, 0.1) is 0 Å². The molecule has 1 aliphatic rings. The molecular formula is C25H32N4O. The van der Waals surface area contributed by atoms with Gasteiger partial charge in [-0.05, 0) is 42.2 Å². The van der Waals surface area contributed by atoms with Gasteiger partial charge in [0.25, 0.3) is 0 Å². The molecule has 2 aromatic carbocycles. The summed E-state index contributed by atoms with van der Waals surface area (Å²) in [6.07, 6.45) is 10.1. The molecule has 0 radical (unpaired) electrons. The number of hydrogen-bond acceptors (Lipinski definition) is 3. The fourth-order valence-electron chi connectivity index (χ4n) is 4.63. The Morgan fingerprint density at radius 3 is 2.50 bits per heavy atom. The van der Waals surface area contributed by atoms with Gasteiger partial charge in [-0.15, -0.1) is 10.2 Å². The van der Waals surface area contributed by atoms with Gasteiger partial charge in [-0.1, -0.05) is 62.4 Å². The molecule has 4 rings (SSSR count). The highest BCUT2D eigenvalue weighted by atomic mass is 16.1. The van der Waals surface area contributed by atoms with Crippen LogP contribution in [-0.4, -0.2) is 20.7 Å². The van der Waals surface area contributed by atoms with Crippen molar-refractivity contribution in [2.75, 3.05) is 5.32 Å². The molecule has 0 bridgehead atoms. The van der Waals surface area contributed by atoms with Crippen LogP contribution in [-0.2, 0) is 24.2 Å². The third kappa shape index (κ3) is 5.07. The zero-order valence-electron chi connectivity index (χ0n) is 17.9. The number of anilines is 1. The van der Waals surface area contributed by atoms with Crippen LogP contribution >= 0.6 is 0 Å². The number of benzene rings is 2. The second-order valence-corrected chi connectivity index (χ2v) is 8.43. The lowest BCUT2D eigenvalue weighted by Crippen LogP contribution is -2.15. The van der Waals surface area contributed by atoms with Crippen LogP contribution in [0.3, 0.4) is 0 Å². The summed E-state index contributed by atoms with van der Waals surface area (Å²) >= 11 is 0. The zero-order chi connectivity index (χ0) is 20.8. The normalized spacial score (nSPS) is 14.8. The number of rotatable bonds is 8. The topological polar surface area (TPSA) is 59.8 Å². The summed E-state index contributed by atoms with van der Waals surface area (Å²) in [6, 6.07) is 14.2. The first-order valence-electron chi connectivity index (χ1n) is 11.4. The average Bonchev–Trinajstić information content (AvgIpc) is 3.18. The van der Waals surface area contributed by atoms with Crippen molar-refractivity contribution in [2.24, 2.45) is 5.92 Å². The smallest absolute Gasteiger partial charge is 0.224 e. The first-order chi connectivity index (χ1) is 14.7. The fraction of sp³-hybridized carbons (Fsp3) is 0.480. The highest BCUT2D eigenvalue weighted by molar-refractivity contribution is 5.94. The SMILES string of the molecule is CCn1c(CCC(=O)Nc2ccc3ccccc3c2)nnc1CCC1CCCCC1. The van der Waals surface area contributed by atoms with Gasteiger partial charge < -0.3 is 9.88 Å². The Morgan fingerprint density at radius 2 is 1.73 bits per heavy atom. The van der Waals surface area contributed by atoms with Gasteiger partial charge in [-0.25, -0.2) is 0 Å². The molecule has 0 atom stereocenters. The molecule has 1 aliphatic carbocycles. The summed E-state index contributed by atoms with van der Waals surface area (Å²) in [7, 11) is 0. The third-order valence-electron chi connectivity index (χ3n) is 6.33. The highest BCUT2D eigenvalue weighted by Gasteiger charge is 2.17. The summed E-state index contributed by atoms with van der Waals surface area (Å²) in [5.74, 6) is 2.86. The number of nitrogens with one attached hydrogen (secondary N) is 1. The van der Waals surface area contributed by atoms with Crippen LogP contribution in [0.25, 0.3) is 10.8 Å². The Labute approximate surface area is 178 Å². The zero-order valence-corrected chi connectivity index (χ0v) is 17.9. The van der Waals surface area contributed by atoms with Crippen LogP contribution in [0.5, 0.6) is 0 Å². The Kier molecular flexibility index (Phi) is 6.77. The monoisotopic (exact) mass is 404 g/mol. The molecule has 3 aromatic rings. The number of aromatic nitrogens is 3. The van der Waals surface area contributed by atoms with E-state index in [0.29, 0.717) is 12.8 Å². The van der Waals surface area contributed by atoms with Crippen LogP contribution in [0.4, 0.5) is 5.69 Å². The number of carbonyl (C=O) groups is 1.